The van der Waals surface area contributed by atoms with E-state index < -0.39 is 12.1 Å². The first-order chi connectivity index (χ1) is 9.11. The number of carbonyl (C=O) groups excluding carboxylic acids is 2. The first-order valence-corrected chi connectivity index (χ1v) is 6.85. The van der Waals surface area contributed by atoms with Crippen LogP contribution in [0.1, 0.15) is 19.8 Å². The molecule has 6 heteroatoms. The lowest BCUT2D eigenvalue weighted by Gasteiger charge is -2.38. The van der Waals surface area contributed by atoms with Crippen LogP contribution in [-0.4, -0.2) is 67.8 Å². The van der Waals surface area contributed by atoms with Crippen molar-refractivity contribution in [3.05, 3.63) is 0 Å². The van der Waals surface area contributed by atoms with Crippen molar-refractivity contribution in [2.24, 2.45) is 5.92 Å². The molecule has 6 nitrogen and oxygen atoms in total. The fourth-order valence-corrected chi connectivity index (χ4v) is 2.66. The summed E-state index contributed by atoms with van der Waals surface area (Å²) in [6.45, 7) is 4.99. The lowest BCUT2D eigenvalue weighted by atomic mass is 10.0. The molecule has 2 atom stereocenters. The third kappa shape index (κ3) is 3.37. The fourth-order valence-electron chi connectivity index (χ4n) is 2.66. The van der Waals surface area contributed by atoms with Gasteiger partial charge in [-0.3, -0.25) is 0 Å². The monoisotopic (exact) mass is 270 g/mol. The van der Waals surface area contributed by atoms with Gasteiger partial charge in [0.2, 0.25) is 0 Å². The molecule has 2 heterocycles. The molecule has 2 unspecified atom stereocenters. The van der Waals surface area contributed by atoms with E-state index in [2.05, 4.69) is 11.7 Å². The highest BCUT2D eigenvalue weighted by Crippen LogP contribution is 2.18. The van der Waals surface area contributed by atoms with Gasteiger partial charge in [-0.2, -0.15) is 0 Å². The van der Waals surface area contributed by atoms with Crippen LogP contribution in [0.4, 0.5) is 4.79 Å². The maximum absolute atomic E-state index is 12.4. The summed E-state index contributed by atoms with van der Waals surface area (Å²) in [7, 11) is 1.33. The number of urea groups is 1. The van der Waals surface area contributed by atoms with Crippen LogP contribution in [0, 0.1) is 5.92 Å². The summed E-state index contributed by atoms with van der Waals surface area (Å²) >= 11 is 0. The Morgan fingerprint density at radius 3 is 2.63 bits per heavy atom. The van der Waals surface area contributed by atoms with E-state index in [1.54, 1.807) is 4.90 Å². The Morgan fingerprint density at radius 2 is 1.95 bits per heavy atom. The van der Waals surface area contributed by atoms with E-state index in [9.17, 15) is 9.59 Å². The summed E-state index contributed by atoms with van der Waals surface area (Å²) in [6, 6.07) is 0.0174. The molecule has 0 saturated carbocycles. The summed E-state index contributed by atoms with van der Waals surface area (Å²) in [4.78, 5) is 27.4. The molecule has 108 valence electrons. The van der Waals surface area contributed by atoms with E-state index in [-0.39, 0.29) is 12.6 Å². The number of methoxy groups -OCH3 is 1. The van der Waals surface area contributed by atoms with Crippen molar-refractivity contribution in [2.75, 3.05) is 39.9 Å². The summed E-state index contributed by atoms with van der Waals surface area (Å²) in [5.41, 5.74) is 0. The van der Waals surface area contributed by atoms with Gasteiger partial charge < -0.3 is 19.3 Å². The Bertz CT molecular complexity index is 348. The van der Waals surface area contributed by atoms with Crippen molar-refractivity contribution >= 4 is 12.0 Å². The number of likely N-dealkylation sites (tertiary alicyclic amines) is 1. The summed E-state index contributed by atoms with van der Waals surface area (Å²) in [5.74, 6) is 0.139. The largest absolute Gasteiger partial charge is 0.467 e. The Hall–Kier alpha value is -1.30. The first kappa shape index (κ1) is 14.1. The van der Waals surface area contributed by atoms with Crippen LogP contribution in [0.15, 0.2) is 0 Å². The smallest absolute Gasteiger partial charge is 0.336 e. The molecular formula is C13H22N2O4. The fraction of sp³-hybridized carbons (Fsp3) is 0.846. The van der Waals surface area contributed by atoms with E-state index in [1.165, 1.54) is 13.5 Å². The van der Waals surface area contributed by atoms with Crippen LogP contribution in [0.3, 0.4) is 0 Å². The number of morpholine rings is 1. The summed E-state index contributed by atoms with van der Waals surface area (Å²) in [6.07, 6.45) is 1.58. The molecule has 0 aromatic carbocycles. The molecule has 2 rings (SSSR count). The molecule has 2 aliphatic heterocycles. The molecule has 0 aromatic rings. The van der Waals surface area contributed by atoms with E-state index in [0.29, 0.717) is 19.1 Å². The maximum atomic E-state index is 12.4. The predicted molar refractivity (Wildman–Crippen MR) is 68.7 cm³/mol. The average Bonchev–Trinajstić information content (AvgIpc) is 2.45. The molecule has 0 radical (unpaired) electrons. The molecule has 2 amide bonds. The number of hydrogen-bond donors (Lipinski definition) is 0. The number of piperidine rings is 1. The summed E-state index contributed by atoms with van der Waals surface area (Å²) < 4.78 is 10.00. The third-order valence-electron chi connectivity index (χ3n) is 3.73. The lowest BCUT2D eigenvalue weighted by Crippen LogP contribution is -2.54. The van der Waals surface area contributed by atoms with E-state index in [4.69, 9.17) is 4.74 Å². The molecule has 0 aliphatic carbocycles. The standard InChI is InChI=1S/C13H22N2O4/c1-10-4-3-5-14(8-10)13(17)15-6-7-19-11(9-15)12(16)18-2/h10-11H,3-9H2,1-2H3. The number of rotatable bonds is 1. The molecule has 0 aromatic heterocycles. The van der Waals surface area contributed by atoms with Gasteiger partial charge in [0.15, 0.2) is 6.10 Å². The zero-order valence-corrected chi connectivity index (χ0v) is 11.6. The maximum Gasteiger partial charge on any atom is 0.336 e. The highest BCUT2D eigenvalue weighted by molar-refractivity contribution is 5.78. The molecule has 19 heavy (non-hydrogen) atoms. The molecule has 2 saturated heterocycles. The quantitative estimate of drug-likeness (QED) is 0.659. The van der Waals surface area contributed by atoms with Crippen LogP contribution in [0.25, 0.3) is 0 Å². The molecule has 0 bridgehead atoms. The SMILES string of the molecule is COC(=O)C1CN(C(=O)N2CCCC(C)C2)CCO1. The molecular weight excluding hydrogens is 248 g/mol. The zero-order chi connectivity index (χ0) is 13.8. The van der Waals surface area contributed by atoms with Crippen LogP contribution >= 0.6 is 0 Å². The minimum atomic E-state index is -0.648. The number of carbonyl (C=O) groups is 2. The normalized spacial score (nSPS) is 28.1. The zero-order valence-electron chi connectivity index (χ0n) is 11.6. The van der Waals surface area contributed by atoms with Crippen molar-refractivity contribution in [1.29, 1.82) is 0 Å². The Balaban J connectivity index is 1.93. The van der Waals surface area contributed by atoms with Gasteiger partial charge in [-0.05, 0) is 18.8 Å². The Morgan fingerprint density at radius 1 is 1.21 bits per heavy atom. The number of hydrogen-bond acceptors (Lipinski definition) is 4. The van der Waals surface area contributed by atoms with Crippen LogP contribution < -0.4 is 0 Å². The van der Waals surface area contributed by atoms with Crippen LogP contribution in [0.5, 0.6) is 0 Å². The van der Waals surface area contributed by atoms with Crippen LogP contribution in [0.2, 0.25) is 0 Å². The lowest BCUT2D eigenvalue weighted by molar-refractivity contribution is -0.158. The van der Waals surface area contributed by atoms with Crippen molar-refractivity contribution in [2.45, 2.75) is 25.9 Å². The average molecular weight is 270 g/mol. The van der Waals surface area contributed by atoms with Gasteiger partial charge in [0, 0.05) is 19.6 Å². The molecule has 0 N–H and O–H groups in total. The summed E-state index contributed by atoms with van der Waals surface area (Å²) in [5, 5.41) is 0. The van der Waals surface area contributed by atoms with Crippen LogP contribution in [-0.2, 0) is 14.3 Å². The number of ether oxygens (including phenoxy) is 2. The van der Waals surface area contributed by atoms with Crippen molar-refractivity contribution < 1.29 is 19.1 Å². The van der Waals surface area contributed by atoms with E-state index in [0.717, 1.165) is 19.5 Å². The Kier molecular flexibility index (Phi) is 4.63. The number of amides is 2. The second kappa shape index (κ2) is 6.23. The highest BCUT2D eigenvalue weighted by Gasteiger charge is 2.33. The van der Waals surface area contributed by atoms with E-state index in [1.807, 2.05) is 4.90 Å². The third-order valence-corrected chi connectivity index (χ3v) is 3.73. The van der Waals surface area contributed by atoms with Crippen molar-refractivity contribution in [3.63, 3.8) is 0 Å². The second-order valence-corrected chi connectivity index (χ2v) is 5.30. The van der Waals surface area contributed by atoms with Gasteiger partial charge in [-0.1, -0.05) is 6.92 Å². The second-order valence-electron chi connectivity index (χ2n) is 5.30. The molecule has 2 aliphatic rings. The predicted octanol–water partition coefficient (Wildman–Crippen LogP) is 0.712. The van der Waals surface area contributed by atoms with Gasteiger partial charge in [0.1, 0.15) is 0 Å². The van der Waals surface area contributed by atoms with Crippen molar-refractivity contribution in [1.82, 2.24) is 9.80 Å². The highest BCUT2D eigenvalue weighted by atomic mass is 16.6. The van der Waals surface area contributed by atoms with Gasteiger partial charge in [0.25, 0.3) is 0 Å². The van der Waals surface area contributed by atoms with Gasteiger partial charge >= 0.3 is 12.0 Å². The Labute approximate surface area is 113 Å². The number of esters is 1. The van der Waals surface area contributed by atoms with Gasteiger partial charge in [-0.15, -0.1) is 0 Å². The molecule has 0 spiro atoms. The number of nitrogens with zero attached hydrogens (tertiary/aromatic N) is 2. The van der Waals surface area contributed by atoms with Crippen molar-refractivity contribution in [3.8, 4) is 0 Å². The first-order valence-electron chi connectivity index (χ1n) is 6.85. The minimum absolute atomic E-state index is 0.0174. The topological polar surface area (TPSA) is 59.1 Å². The van der Waals surface area contributed by atoms with Gasteiger partial charge in [0.05, 0.1) is 20.3 Å². The minimum Gasteiger partial charge on any atom is -0.467 e. The molecule has 2 fully saturated rings. The van der Waals surface area contributed by atoms with Gasteiger partial charge in [-0.25, -0.2) is 9.59 Å². The van der Waals surface area contributed by atoms with E-state index >= 15 is 0 Å².